The van der Waals surface area contributed by atoms with Crippen molar-refractivity contribution in [3.05, 3.63) is 27.0 Å². The van der Waals surface area contributed by atoms with Crippen LogP contribution in [0.1, 0.15) is 36.2 Å². The Hall–Kier alpha value is -1.04. The summed E-state index contributed by atoms with van der Waals surface area (Å²) in [7, 11) is 0. The lowest BCUT2D eigenvalue weighted by molar-refractivity contribution is -0.148. The predicted molar refractivity (Wildman–Crippen MR) is 80.1 cm³/mol. The summed E-state index contributed by atoms with van der Waals surface area (Å²) in [6, 6.07) is 0. The Balaban J connectivity index is 2.12. The summed E-state index contributed by atoms with van der Waals surface area (Å²) in [4.78, 5) is 27.3. The van der Waals surface area contributed by atoms with Gasteiger partial charge in [0, 0.05) is 12.7 Å². The van der Waals surface area contributed by atoms with E-state index in [1.54, 1.807) is 0 Å². The number of rotatable bonds is 4. The van der Waals surface area contributed by atoms with Gasteiger partial charge in [0.25, 0.3) is 5.91 Å². The van der Waals surface area contributed by atoms with Gasteiger partial charge in [0.05, 0.1) is 20.5 Å². The summed E-state index contributed by atoms with van der Waals surface area (Å²) in [6.45, 7) is 0.0411. The zero-order valence-electron chi connectivity index (χ0n) is 11.0. The second-order valence-electron chi connectivity index (χ2n) is 5.06. The van der Waals surface area contributed by atoms with Gasteiger partial charge in [0.15, 0.2) is 0 Å². The number of carbonyl (C=O) groups excluding carboxylic acids is 1. The molecule has 21 heavy (non-hydrogen) atoms. The third-order valence-corrected chi connectivity index (χ3v) is 4.97. The van der Waals surface area contributed by atoms with E-state index in [0.29, 0.717) is 12.8 Å². The summed E-state index contributed by atoms with van der Waals surface area (Å²) >= 11 is 17.5. The van der Waals surface area contributed by atoms with E-state index in [9.17, 15) is 14.7 Å². The number of carbonyl (C=O) groups is 2. The molecule has 1 amide bonds. The molecule has 1 aliphatic rings. The summed E-state index contributed by atoms with van der Waals surface area (Å²) in [5.74, 6) is -1.46. The third kappa shape index (κ3) is 3.25. The van der Waals surface area contributed by atoms with Crippen molar-refractivity contribution in [3.63, 3.8) is 0 Å². The lowest BCUT2D eigenvalue weighted by atomic mass is 9.86. The van der Waals surface area contributed by atoms with Crippen molar-refractivity contribution in [3.8, 4) is 0 Å². The molecule has 1 aromatic rings. The SMILES string of the molecule is O=C(NCC1(C(=O)O)CCCC1)c1ncc(Cl)c(Cl)c1Cl. The number of nitrogens with zero attached hydrogens (tertiary/aromatic N) is 1. The van der Waals surface area contributed by atoms with Crippen LogP contribution in [0.5, 0.6) is 0 Å². The normalized spacial score (nSPS) is 16.7. The highest BCUT2D eigenvalue weighted by Crippen LogP contribution is 2.38. The Labute approximate surface area is 136 Å². The van der Waals surface area contributed by atoms with Crippen LogP contribution < -0.4 is 5.32 Å². The quantitative estimate of drug-likeness (QED) is 0.871. The van der Waals surface area contributed by atoms with E-state index in [4.69, 9.17) is 34.8 Å². The Kier molecular flexibility index (Phi) is 4.96. The molecule has 0 saturated heterocycles. The van der Waals surface area contributed by atoms with Crippen molar-refractivity contribution in [2.75, 3.05) is 6.54 Å². The van der Waals surface area contributed by atoms with Gasteiger partial charge in [0.1, 0.15) is 5.69 Å². The Morgan fingerprint density at radius 3 is 2.43 bits per heavy atom. The van der Waals surface area contributed by atoms with Crippen LogP contribution in [0.4, 0.5) is 0 Å². The van der Waals surface area contributed by atoms with Crippen molar-refractivity contribution in [1.29, 1.82) is 0 Å². The zero-order chi connectivity index (χ0) is 15.6. The number of pyridine rings is 1. The first kappa shape index (κ1) is 16.3. The summed E-state index contributed by atoms with van der Waals surface area (Å²) in [5, 5.41) is 12.1. The number of carboxylic acids is 1. The highest BCUT2D eigenvalue weighted by Gasteiger charge is 2.41. The fourth-order valence-corrected chi connectivity index (χ4v) is 3.02. The van der Waals surface area contributed by atoms with E-state index in [1.807, 2.05) is 0 Å². The third-order valence-electron chi connectivity index (χ3n) is 3.73. The van der Waals surface area contributed by atoms with Crippen LogP contribution >= 0.6 is 34.8 Å². The van der Waals surface area contributed by atoms with Crippen LogP contribution in [0.25, 0.3) is 0 Å². The molecule has 2 N–H and O–H groups in total. The van der Waals surface area contributed by atoms with E-state index in [1.165, 1.54) is 6.20 Å². The van der Waals surface area contributed by atoms with Crippen molar-refractivity contribution in [1.82, 2.24) is 10.3 Å². The molecule has 0 radical (unpaired) electrons. The number of amides is 1. The van der Waals surface area contributed by atoms with Gasteiger partial charge < -0.3 is 10.4 Å². The van der Waals surface area contributed by atoms with E-state index in [-0.39, 0.29) is 27.3 Å². The molecular weight excluding hydrogens is 339 g/mol. The van der Waals surface area contributed by atoms with Gasteiger partial charge in [-0.3, -0.25) is 9.59 Å². The van der Waals surface area contributed by atoms with E-state index in [0.717, 1.165) is 12.8 Å². The fourth-order valence-electron chi connectivity index (χ4n) is 2.45. The Bertz CT molecular complexity index is 586. The molecule has 0 atom stereocenters. The fraction of sp³-hybridized carbons (Fsp3) is 0.462. The lowest BCUT2D eigenvalue weighted by Gasteiger charge is -2.23. The van der Waals surface area contributed by atoms with Gasteiger partial charge in [-0.25, -0.2) is 4.98 Å². The van der Waals surface area contributed by atoms with Crippen LogP contribution in [0, 0.1) is 5.41 Å². The van der Waals surface area contributed by atoms with Crippen molar-refractivity contribution >= 4 is 46.7 Å². The number of hydrogen-bond acceptors (Lipinski definition) is 3. The predicted octanol–water partition coefficient (Wildman–Crippen LogP) is 3.42. The highest BCUT2D eigenvalue weighted by molar-refractivity contribution is 6.48. The summed E-state index contributed by atoms with van der Waals surface area (Å²) in [5.41, 5.74) is -0.970. The van der Waals surface area contributed by atoms with Crippen LogP contribution in [-0.2, 0) is 4.79 Å². The Morgan fingerprint density at radius 1 is 1.24 bits per heavy atom. The maximum atomic E-state index is 12.1. The molecule has 1 fully saturated rings. The molecule has 1 saturated carbocycles. The number of halogens is 3. The highest BCUT2D eigenvalue weighted by atomic mass is 35.5. The summed E-state index contributed by atoms with van der Waals surface area (Å²) < 4.78 is 0. The van der Waals surface area contributed by atoms with E-state index >= 15 is 0 Å². The minimum Gasteiger partial charge on any atom is -0.481 e. The summed E-state index contributed by atoms with van der Waals surface area (Å²) in [6.07, 6.45) is 4.01. The van der Waals surface area contributed by atoms with Crippen LogP contribution in [0.15, 0.2) is 6.20 Å². The molecule has 1 heterocycles. The maximum Gasteiger partial charge on any atom is 0.311 e. The number of aromatic nitrogens is 1. The average Bonchev–Trinajstić information content (AvgIpc) is 2.92. The molecule has 0 unspecified atom stereocenters. The minimum atomic E-state index is -0.904. The first-order valence-electron chi connectivity index (χ1n) is 6.38. The van der Waals surface area contributed by atoms with Crippen molar-refractivity contribution in [2.45, 2.75) is 25.7 Å². The molecule has 8 heteroatoms. The molecule has 1 aliphatic carbocycles. The lowest BCUT2D eigenvalue weighted by Crippen LogP contribution is -2.41. The van der Waals surface area contributed by atoms with Crippen LogP contribution in [0.3, 0.4) is 0 Å². The maximum absolute atomic E-state index is 12.1. The monoisotopic (exact) mass is 350 g/mol. The van der Waals surface area contributed by atoms with E-state index < -0.39 is 17.3 Å². The number of hydrogen-bond donors (Lipinski definition) is 2. The molecule has 2 rings (SSSR count). The second kappa shape index (κ2) is 6.38. The van der Waals surface area contributed by atoms with Crippen molar-refractivity contribution < 1.29 is 14.7 Å². The van der Waals surface area contributed by atoms with Gasteiger partial charge in [-0.2, -0.15) is 0 Å². The first-order valence-corrected chi connectivity index (χ1v) is 7.52. The van der Waals surface area contributed by atoms with E-state index in [2.05, 4.69) is 10.3 Å². The minimum absolute atomic E-state index is 0.0411. The molecule has 5 nitrogen and oxygen atoms in total. The van der Waals surface area contributed by atoms with Gasteiger partial charge in [0.2, 0.25) is 0 Å². The van der Waals surface area contributed by atoms with Crippen molar-refractivity contribution in [2.24, 2.45) is 5.41 Å². The molecular formula is C13H13Cl3N2O3. The number of aliphatic carboxylic acids is 1. The van der Waals surface area contributed by atoms with Crippen LogP contribution in [-0.4, -0.2) is 28.5 Å². The van der Waals surface area contributed by atoms with Gasteiger partial charge in [-0.15, -0.1) is 0 Å². The molecule has 0 spiro atoms. The van der Waals surface area contributed by atoms with Gasteiger partial charge in [-0.1, -0.05) is 47.6 Å². The molecule has 114 valence electrons. The second-order valence-corrected chi connectivity index (χ2v) is 6.22. The number of nitrogens with one attached hydrogen (secondary N) is 1. The molecule has 0 aliphatic heterocycles. The average molecular weight is 352 g/mol. The Morgan fingerprint density at radius 2 is 1.86 bits per heavy atom. The molecule has 0 aromatic carbocycles. The molecule has 0 bridgehead atoms. The smallest absolute Gasteiger partial charge is 0.311 e. The van der Waals surface area contributed by atoms with Crippen LogP contribution in [0.2, 0.25) is 15.1 Å². The molecule has 1 aromatic heterocycles. The topological polar surface area (TPSA) is 79.3 Å². The zero-order valence-corrected chi connectivity index (χ0v) is 13.2. The van der Waals surface area contributed by atoms with Gasteiger partial charge in [-0.05, 0) is 12.8 Å². The number of carboxylic acid groups (broad SMARTS) is 1. The van der Waals surface area contributed by atoms with Gasteiger partial charge >= 0.3 is 5.97 Å². The standard InChI is InChI=1S/C13H13Cl3N2O3/c14-7-5-17-10(9(16)8(7)15)11(19)18-6-13(12(20)21)3-1-2-4-13/h5H,1-4,6H2,(H,18,19)(H,20,21). The largest absolute Gasteiger partial charge is 0.481 e. The first-order chi connectivity index (χ1) is 9.87.